The van der Waals surface area contributed by atoms with Crippen molar-refractivity contribution in [3.8, 4) is 0 Å². The molecule has 0 fully saturated rings. The Morgan fingerprint density at radius 2 is 1.70 bits per heavy atom. The van der Waals surface area contributed by atoms with Gasteiger partial charge in [-0.15, -0.1) is 0 Å². The Labute approximate surface area is 126 Å². The molecule has 2 N–H and O–H groups in total. The van der Waals surface area contributed by atoms with Gasteiger partial charge in [-0.25, -0.2) is 13.1 Å². The Bertz CT molecular complexity index is 305. The van der Waals surface area contributed by atoms with Crippen molar-refractivity contribution in [3.05, 3.63) is 0 Å². The van der Waals surface area contributed by atoms with Crippen LogP contribution in [0.3, 0.4) is 0 Å². The summed E-state index contributed by atoms with van der Waals surface area (Å²) in [6.45, 7) is 8.96. The molecule has 0 aromatic heterocycles. The van der Waals surface area contributed by atoms with E-state index in [1.54, 1.807) is 0 Å². The molecule has 0 radical (unpaired) electrons. The zero-order valence-corrected chi connectivity index (χ0v) is 14.4. The van der Waals surface area contributed by atoms with Gasteiger partial charge < -0.3 is 5.32 Å². The molecule has 0 saturated heterocycles. The minimum absolute atomic E-state index is 0.255. The summed E-state index contributed by atoms with van der Waals surface area (Å²) >= 11 is 0. The lowest BCUT2D eigenvalue weighted by Crippen LogP contribution is -2.31. The largest absolute Gasteiger partial charge is 0.317 e. The summed E-state index contributed by atoms with van der Waals surface area (Å²) in [7, 11) is -3.08. The van der Waals surface area contributed by atoms with Gasteiger partial charge in [-0.3, -0.25) is 0 Å². The highest BCUT2D eigenvalue weighted by atomic mass is 32.2. The van der Waals surface area contributed by atoms with Crippen LogP contribution in [0.2, 0.25) is 0 Å². The molecule has 4 nitrogen and oxygen atoms in total. The van der Waals surface area contributed by atoms with Gasteiger partial charge in [0.05, 0.1) is 5.75 Å². The maximum atomic E-state index is 11.9. The molecule has 1 unspecified atom stereocenters. The van der Waals surface area contributed by atoms with E-state index < -0.39 is 10.0 Å². The molecule has 0 aliphatic rings. The molecule has 1 atom stereocenters. The number of hydrogen-bond acceptors (Lipinski definition) is 3. The predicted molar refractivity (Wildman–Crippen MR) is 87.5 cm³/mol. The summed E-state index contributed by atoms with van der Waals surface area (Å²) in [4.78, 5) is 0. The number of rotatable bonds is 14. The average Bonchev–Trinajstić information content (AvgIpc) is 2.43. The second-order valence-corrected chi connectivity index (χ2v) is 7.47. The lowest BCUT2D eigenvalue weighted by Gasteiger charge is -2.15. The molecule has 0 saturated carbocycles. The topological polar surface area (TPSA) is 58.2 Å². The van der Waals surface area contributed by atoms with Crippen LogP contribution in [0.25, 0.3) is 0 Å². The smallest absolute Gasteiger partial charge is 0.211 e. The van der Waals surface area contributed by atoms with Crippen LogP contribution in [0, 0.1) is 5.92 Å². The van der Waals surface area contributed by atoms with Crippen molar-refractivity contribution in [2.75, 3.05) is 25.4 Å². The van der Waals surface area contributed by atoms with Gasteiger partial charge in [0.1, 0.15) is 0 Å². The third-order valence-corrected chi connectivity index (χ3v) is 5.01. The molecule has 20 heavy (non-hydrogen) atoms. The van der Waals surface area contributed by atoms with Gasteiger partial charge in [0.15, 0.2) is 0 Å². The van der Waals surface area contributed by atoms with Gasteiger partial charge in [-0.1, -0.05) is 40.0 Å². The standard InChI is InChI=1S/C15H34N2O2S/c1-4-7-10-15(6-3)14-17-20(18,19)13-9-8-12-16-11-5-2/h15-17H,4-14H2,1-3H3. The van der Waals surface area contributed by atoms with Crippen LogP contribution < -0.4 is 10.0 Å². The highest BCUT2D eigenvalue weighted by Crippen LogP contribution is 2.11. The first-order valence-electron chi connectivity index (χ1n) is 8.23. The zero-order chi connectivity index (χ0) is 15.3. The zero-order valence-electron chi connectivity index (χ0n) is 13.6. The molecule has 5 heteroatoms. The van der Waals surface area contributed by atoms with Gasteiger partial charge >= 0.3 is 0 Å². The van der Waals surface area contributed by atoms with E-state index in [0.29, 0.717) is 12.5 Å². The third kappa shape index (κ3) is 11.7. The first-order valence-corrected chi connectivity index (χ1v) is 9.89. The highest BCUT2D eigenvalue weighted by molar-refractivity contribution is 7.89. The highest BCUT2D eigenvalue weighted by Gasteiger charge is 2.13. The lowest BCUT2D eigenvalue weighted by molar-refractivity contribution is 0.443. The Balaban J connectivity index is 3.77. The molecule has 0 aromatic carbocycles. The van der Waals surface area contributed by atoms with Crippen LogP contribution in [0.1, 0.15) is 65.7 Å². The molecule has 0 rings (SSSR count). The maximum absolute atomic E-state index is 11.9. The van der Waals surface area contributed by atoms with Gasteiger partial charge in [0.25, 0.3) is 0 Å². The Hall–Kier alpha value is -0.130. The van der Waals surface area contributed by atoms with E-state index in [9.17, 15) is 8.42 Å². The van der Waals surface area contributed by atoms with Crippen molar-refractivity contribution < 1.29 is 8.42 Å². The Morgan fingerprint density at radius 3 is 2.30 bits per heavy atom. The van der Waals surface area contributed by atoms with E-state index in [0.717, 1.165) is 45.2 Å². The van der Waals surface area contributed by atoms with Gasteiger partial charge in [-0.2, -0.15) is 0 Å². The molecule has 0 aromatic rings. The average molecular weight is 307 g/mol. The van der Waals surface area contributed by atoms with Crippen molar-refractivity contribution in [2.24, 2.45) is 5.92 Å². The monoisotopic (exact) mass is 306 g/mol. The van der Waals surface area contributed by atoms with Crippen molar-refractivity contribution in [1.29, 1.82) is 0 Å². The van der Waals surface area contributed by atoms with Crippen LogP contribution >= 0.6 is 0 Å². The minimum Gasteiger partial charge on any atom is -0.317 e. The van der Waals surface area contributed by atoms with E-state index in [1.165, 1.54) is 12.8 Å². The molecule has 0 aliphatic carbocycles. The van der Waals surface area contributed by atoms with E-state index in [4.69, 9.17) is 0 Å². The maximum Gasteiger partial charge on any atom is 0.211 e. The van der Waals surface area contributed by atoms with Gasteiger partial charge in [0.2, 0.25) is 10.0 Å². The van der Waals surface area contributed by atoms with Crippen molar-refractivity contribution in [3.63, 3.8) is 0 Å². The quantitative estimate of drug-likeness (QED) is 0.485. The molecule has 122 valence electrons. The Morgan fingerprint density at radius 1 is 0.950 bits per heavy atom. The Kier molecular flexibility index (Phi) is 12.5. The van der Waals surface area contributed by atoms with Crippen molar-refractivity contribution in [2.45, 2.75) is 65.7 Å². The summed E-state index contributed by atoms with van der Waals surface area (Å²) in [6, 6.07) is 0. The van der Waals surface area contributed by atoms with E-state index >= 15 is 0 Å². The summed E-state index contributed by atoms with van der Waals surface area (Å²) in [5.74, 6) is 0.737. The normalized spacial score (nSPS) is 13.6. The number of unbranched alkanes of at least 4 members (excludes halogenated alkanes) is 2. The number of nitrogens with one attached hydrogen (secondary N) is 2. The first kappa shape index (κ1) is 19.9. The molecular formula is C15H34N2O2S. The fraction of sp³-hybridized carbons (Fsp3) is 1.00. The van der Waals surface area contributed by atoms with Crippen LogP contribution in [0.15, 0.2) is 0 Å². The van der Waals surface area contributed by atoms with Crippen LogP contribution in [0.4, 0.5) is 0 Å². The van der Waals surface area contributed by atoms with E-state index in [-0.39, 0.29) is 5.75 Å². The minimum atomic E-state index is -3.08. The molecule has 0 spiro atoms. The third-order valence-electron chi connectivity index (χ3n) is 3.58. The van der Waals surface area contributed by atoms with Crippen molar-refractivity contribution >= 4 is 10.0 Å². The summed E-state index contributed by atoms with van der Waals surface area (Å²) in [6.07, 6.45) is 7.30. The predicted octanol–water partition coefficient (Wildman–Crippen LogP) is 2.90. The van der Waals surface area contributed by atoms with Gasteiger partial charge in [-0.05, 0) is 44.7 Å². The summed E-state index contributed by atoms with van der Waals surface area (Å²) in [5.41, 5.74) is 0. The van der Waals surface area contributed by atoms with Crippen molar-refractivity contribution in [1.82, 2.24) is 10.0 Å². The van der Waals surface area contributed by atoms with Crippen LogP contribution in [-0.4, -0.2) is 33.8 Å². The van der Waals surface area contributed by atoms with Gasteiger partial charge in [0, 0.05) is 6.54 Å². The lowest BCUT2D eigenvalue weighted by atomic mass is 10.00. The van der Waals surface area contributed by atoms with E-state index in [2.05, 4.69) is 30.8 Å². The molecular weight excluding hydrogens is 272 g/mol. The summed E-state index contributed by atoms with van der Waals surface area (Å²) in [5, 5.41) is 3.29. The molecule has 0 bridgehead atoms. The molecule has 0 aliphatic heterocycles. The fourth-order valence-corrected chi connectivity index (χ4v) is 3.32. The fourth-order valence-electron chi connectivity index (χ4n) is 2.10. The number of sulfonamides is 1. The second-order valence-electron chi connectivity index (χ2n) is 5.54. The summed E-state index contributed by atoms with van der Waals surface area (Å²) < 4.78 is 26.5. The number of hydrogen-bond donors (Lipinski definition) is 2. The van der Waals surface area contributed by atoms with Crippen LogP contribution in [-0.2, 0) is 10.0 Å². The molecule has 0 heterocycles. The van der Waals surface area contributed by atoms with E-state index in [1.807, 2.05) is 0 Å². The molecule has 0 amide bonds. The first-order chi connectivity index (χ1) is 9.55. The van der Waals surface area contributed by atoms with Crippen LogP contribution in [0.5, 0.6) is 0 Å². The second kappa shape index (κ2) is 12.6. The SMILES string of the molecule is CCCCC(CC)CNS(=O)(=O)CCCCNCCC.